The van der Waals surface area contributed by atoms with E-state index in [0.717, 1.165) is 31.2 Å². The molecule has 1 aromatic rings. The third kappa shape index (κ3) is 2.16. The maximum atomic E-state index is 6.12. The molecule has 0 aliphatic carbocycles. The highest BCUT2D eigenvalue weighted by Crippen LogP contribution is 2.29. The van der Waals surface area contributed by atoms with Gasteiger partial charge >= 0.3 is 0 Å². The Bertz CT molecular complexity index is 375. The summed E-state index contributed by atoms with van der Waals surface area (Å²) in [6.45, 7) is 8.31. The molecule has 2 rings (SSSR count). The van der Waals surface area contributed by atoms with Crippen LogP contribution in [0, 0.1) is 12.3 Å². The summed E-state index contributed by atoms with van der Waals surface area (Å²) < 4.78 is 0. The molecular formula is C12H20N4. The number of rotatable bonds is 1. The molecule has 16 heavy (non-hydrogen) atoms. The summed E-state index contributed by atoms with van der Waals surface area (Å²) in [5.41, 5.74) is 6.27. The van der Waals surface area contributed by atoms with Crippen molar-refractivity contribution in [3.8, 4) is 0 Å². The minimum absolute atomic E-state index is 0.150. The number of piperidine rings is 1. The summed E-state index contributed by atoms with van der Waals surface area (Å²) in [6, 6.07) is 2.26. The van der Waals surface area contributed by atoms with Gasteiger partial charge in [0.2, 0.25) is 0 Å². The molecule has 2 N–H and O–H groups in total. The van der Waals surface area contributed by atoms with E-state index in [2.05, 4.69) is 28.7 Å². The lowest BCUT2D eigenvalue weighted by Crippen LogP contribution is -2.52. The monoisotopic (exact) mass is 220 g/mol. The minimum Gasteiger partial charge on any atom is -0.356 e. The van der Waals surface area contributed by atoms with E-state index in [4.69, 9.17) is 5.73 Å². The molecule has 1 fully saturated rings. The van der Waals surface area contributed by atoms with Crippen LogP contribution in [-0.2, 0) is 0 Å². The lowest BCUT2D eigenvalue weighted by Gasteiger charge is -2.43. The van der Waals surface area contributed by atoms with Gasteiger partial charge in [-0.2, -0.15) is 0 Å². The van der Waals surface area contributed by atoms with Crippen LogP contribution < -0.4 is 10.6 Å². The maximum absolute atomic E-state index is 6.12. The average molecular weight is 220 g/mol. The van der Waals surface area contributed by atoms with Gasteiger partial charge in [-0.15, -0.1) is 0 Å². The molecule has 4 heteroatoms. The molecule has 0 saturated carbocycles. The van der Waals surface area contributed by atoms with Crippen molar-refractivity contribution in [2.75, 3.05) is 18.0 Å². The maximum Gasteiger partial charge on any atom is 0.132 e. The molecular weight excluding hydrogens is 200 g/mol. The first kappa shape index (κ1) is 11.3. The van der Waals surface area contributed by atoms with Gasteiger partial charge in [0.25, 0.3) is 0 Å². The molecule has 2 heterocycles. The van der Waals surface area contributed by atoms with Crippen molar-refractivity contribution in [2.45, 2.75) is 33.2 Å². The molecule has 4 nitrogen and oxygen atoms in total. The highest BCUT2D eigenvalue weighted by atomic mass is 15.2. The van der Waals surface area contributed by atoms with Crippen LogP contribution in [-0.4, -0.2) is 29.1 Å². The zero-order valence-electron chi connectivity index (χ0n) is 10.3. The van der Waals surface area contributed by atoms with Crippen LogP contribution in [0.15, 0.2) is 12.3 Å². The van der Waals surface area contributed by atoms with Crippen molar-refractivity contribution in [2.24, 2.45) is 11.1 Å². The zero-order valence-corrected chi connectivity index (χ0v) is 10.3. The number of nitrogens with zero attached hydrogens (tertiary/aromatic N) is 3. The Morgan fingerprint density at radius 1 is 1.50 bits per heavy atom. The lowest BCUT2D eigenvalue weighted by atomic mass is 9.80. The molecule has 0 spiro atoms. The zero-order chi connectivity index (χ0) is 11.8. The number of hydrogen-bond donors (Lipinski definition) is 1. The largest absolute Gasteiger partial charge is 0.356 e. The highest BCUT2D eigenvalue weighted by molar-refractivity contribution is 5.38. The summed E-state index contributed by atoms with van der Waals surface area (Å²) in [5, 5.41) is 0. The van der Waals surface area contributed by atoms with Gasteiger partial charge in [0.05, 0.1) is 0 Å². The van der Waals surface area contributed by atoms with Crippen LogP contribution in [0.25, 0.3) is 0 Å². The standard InChI is InChI=1S/C12H20N4/c1-9-14-6-4-11(15-9)16-7-5-10(13)12(2,3)8-16/h4,6,10H,5,7-8,13H2,1-3H3. The van der Waals surface area contributed by atoms with Crippen LogP contribution in [0.5, 0.6) is 0 Å². The van der Waals surface area contributed by atoms with Gasteiger partial charge in [-0.05, 0) is 24.8 Å². The van der Waals surface area contributed by atoms with Crippen molar-refractivity contribution >= 4 is 5.82 Å². The van der Waals surface area contributed by atoms with Gasteiger partial charge in [-0.1, -0.05) is 13.8 Å². The first-order valence-corrected chi connectivity index (χ1v) is 5.79. The third-order valence-corrected chi connectivity index (χ3v) is 3.40. The molecule has 0 bridgehead atoms. The van der Waals surface area contributed by atoms with Crippen molar-refractivity contribution in [3.63, 3.8) is 0 Å². The molecule has 1 saturated heterocycles. The summed E-state index contributed by atoms with van der Waals surface area (Å²) in [4.78, 5) is 10.9. The molecule has 1 atom stereocenters. The third-order valence-electron chi connectivity index (χ3n) is 3.40. The summed E-state index contributed by atoms with van der Waals surface area (Å²) in [5.74, 6) is 1.85. The van der Waals surface area contributed by atoms with E-state index in [0.29, 0.717) is 0 Å². The van der Waals surface area contributed by atoms with Gasteiger partial charge in [0, 0.05) is 25.3 Å². The summed E-state index contributed by atoms with van der Waals surface area (Å²) in [7, 11) is 0. The second-order valence-electron chi connectivity index (χ2n) is 5.27. The SMILES string of the molecule is Cc1nccc(N2CCC(N)C(C)(C)C2)n1. The Hall–Kier alpha value is -1.16. The van der Waals surface area contributed by atoms with E-state index in [1.807, 2.05) is 19.2 Å². The molecule has 1 aliphatic heterocycles. The Labute approximate surface area is 96.9 Å². The van der Waals surface area contributed by atoms with Crippen molar-refractivity contribution in [1.82, 2.24) is 9.97 Å². The quantitative estimate of drug-likeness (QED) is 0.776. The fourth-order valence-electron chi connectivity index (χ4n) is 2.19. The van der Waals surface area contributed by atoms with Crippen LogP contribution >= 0.6 is 0 Å². The van der Waals surface area contributed by atoms with Crippen molar-refractivity contribution < 1.29 is 0 Å². The van der Waals surface area contributed by atoms with E-state index in [1.54, 1.807) is 0 Å². The second-order valence-corrected chi connectivity index (χ2v) is 5.27. The fraction of sp³-hybridized carbons (Fsp3) is 0.667. The van der Waals surface area contributed by atoms with Gasteiger partial charge in [-0.25, -0.2) is 9.97 Å². The van der Waals surface area contributed by atoms with Crippen LogP contribution in [0.1, 0.15) is 26.1 Å². The van der Waals surface area contributed by atoms with E-state index >= 15 is 0 Å². The van der Waals surface area contributed by atoms with E-state index in [-0.39, 0.29) is 11.5 Å². The van der Waals surface area contributed by atoms with E-state index < -0.39 is 0 Å². The first-order chi connectivity index (χ1) is 7.49. The number of anilines is 1. The molecule has 88 valence electrons. The summed E-state index contributed by atoms with van der Waals surface area (Å²) >= 11 is 0. The highest BCUT2D eigenvalue weighted by Gasteiger charge is 2.33. The van der Waals surface area contributed by atoms with Crippen LogP contribution in [0.4, 0.5) is 5.82 Å². The van der Waals surface area contributed by atoms with E-state index in [9.17, 15) is 0 Å². The number of hydrogen-bond acceptors (Lipinski definition) is 4. The average Bonchev–Trinajstić information content (AvgIpc) is 2.22. The normalized spacial score (nSPS) is 24.5. The smallest absolute Gasteiger partial charge is 0.132 e. The molecule has 1 aromatic heterocycles. The topological polar surface area (TPSA) is 55.0 Å². The first-order valence-electron chi connectivity index (χ1n) is 5.79. The Balaban J connectivity index is 2.18. The number of nitrogens with two attached hydrogens (primary N) is 1. The molecule has 0 amide bonds. The van der Waals surface area contributed by atoms with Gasteiger partial charge in [-0.3, -0.25) is 0 Å². The number of aryl methyl sites for hydroxylation is 1. The summed E-state index contributed by atoms with van der Waals surface area (Å²) in [6.07, 6.45) is 2.84. The Morgan fingerprint density at radius 2 is 2.25 bits per heavy atom. The molecule has 1 aliphatic rings. The lowest BCUT2D eigenvalue weighted by molar-refractivity contribution is 0.244. The predicted octanol–water partition coefficient (Wildman–Crippen LogP) is 1.35. The van der Waals surface area contributed by atoms with Gasteiger partial charge < -0.3 is 10.6 Å². The fourth-order valence-corrected chi connectivity index (χ4v) is 2.19. The Morgan fingerprint density at radius 3 is 2.88 bits per heavy atom. The molecule has 0 aromatic carbocycles. The minimum atomic E-state index is 0.150. The van der Waals surface area contributed by atoms with Crippen LogP contribution in [0.3, 0.4) is 0 Å². The van der Waals surface area contributed by atoms with Crippen molar-refractivity contribution in [3.05, 3.63) is 18.1 Å². The molecule has 0 radical (unpaired) electrons. The predicted molar refractivity (Wildman–Crippen MR) is 65.4 cm³/mol. The van der Waals surface area contributed by atoms with Gasteiger partial charge in [0.1, 0.15) is 11.6 Å². The Kier molecular flexibility index (Phi) is 2.84. The second kappa shape index (κ2) is 4.01. The number of aromatic nitrogens is 2. The van der Waals surface area contributed by atoms with Gasteiger partial charge in [0.15, 0.2) is 0 Å². The van der Waals surface area contributed by atoms with Crippen molar-refractivity contribution in [1.29, 1.82) is 0 Å². The molecule has 1 unspecified atom stereocenters. The van der Waals surface area contributed by atoms with E-state index in [1.165, 1.54) is 0 Å². The van der Waals surface area contributed by atoms with Crippen LogP contribution in [0.2, 0.25) is 0 Å².